The van der Waals surface area contributed by atoms with Crippen molar-refractivity contribution in [2.45, 2.75) is 39.0 Å². The van der Waals surface area contributed by atoms with Gasteiger partial charge >= 0.3 is 11.4 Å². The number of methoxy groups -OCH3 is 1. The van der Waals surface area contributed by atoms with Crippen molar-refractivity contribution in [2.75, 3.05) is 7.11 Å². The average molecular weight is 378 g/mol. The molecule has 0 aliphatic rings. The molecular weight excluding hydrogens is 356 g/mol. The van der Waals surface area contributed by atoms with Gasteiger partial charge in [0.25, 0.3) is 5.56 Å². The Kier molecular flexibility index (Phi) is 4.64. The minimum Gasteiger partial charge on any atom is -0.390 e. The second kappa shape index (κ2) is 6.65. The third-order valence-corrected chi connectivity index (χ3v) is 4.65. The molecule has 0 amide bonds. The molecule has 11 nitrogen and oxygen atoms in total. The first-order valence-electron chi connectivity index (χ1n) is 8.37. The summed E-state index contributed by atoms with van der Waals surface area (Å²) < 4.78 is 15.5. The Bertz CT molecular complexity index is 1160. The summed E-state index contributed by atoms with van der Waals surface area (Å²) in [5.74, 6) is -0.438. The van der Waals surface area contributed by atoms with E-state index in [9.17, 15) is 14.4 Å². The summed E-state index contributed by atoms with van der Waals surface area (Å²) in [6.45, 7) is 4.21. The Morgan fingerprint density at radius 2 is 1.89 bits per heavy atom. The number of rotatable bonds is 6. The van der Waals surface area contributed by atoms with E-state index in [1.165, 1.54) is 34.2 Å². The van der Waals surface area contributed by atoms with Crippen LogP contribution in [0.3, 0.4) is 0 Å². The Balaban J connectivity index is 1.93. The largest absolute Gasteiger partial charge is 0.437 e. The molecule has 3 rings (SSSR count). The van der Waals surface area contributed by atoms with Gasteiger partial charge in [0.15, 0.2) is 11.2 Å². The topological polar surface area (TPSA) is 119 Å². The van der Waals surface area contributed by atoms with Crippen molar-refractivity contribution >= 4 is 11.2 Å². The standard InChI is InChI=1S/C16H22N6O5/c1-16(2,26-5)6-7-22-15(25)27-10(18-22)8-21-9-17-12-11(21)13(23)20(4)14(24)19(12)3/h9H,6-8H2,1-5H3. The Labute approximate surface area is 153 Å². The highest BCUT2D eigenvalue weighted by atomic mass is 16.5. The fourth-order valence-corrected chi connectivity index (χ4v) is 2.69. The summed E-state index contributed by atoms with van der Waals surface area (Å²) in [6, 6.07) is 0. The summed E-state index contributed by atoms with van der Waals surface area (Å²) in [4.78, 5) is 40.6. The SMILES string of the molecule is COC(C)(C)CCn1nc(Cn2cnc3c2c(=O)n(C)c(=O)n3C)oc1=O. The highest BCUT2D eigenvalue weighted by Gasteiger charge is 2.19. The van der Waals surface area contributed by atoms with Crippen LogP contribution in [0.4, 0.5) is 0 Å². The van der Waals surface area contributed by atoms with Gasteiger partial charge in [0, 0.05) is 21.2 Å². The molecule has 3 aromatic heterocycles. The zero-order valence-electron chi connectivity index (χ0n) is 15.9. The fraction of sp³-hybridized carbons (Fsp3) is 0.562. The lowest BCUT2D eigenvalue weighted by Crippen LogP contribution is -2.37. The molecular formula is C16H22N6O5. The molecule has 0 aliphatic heterocycles. The highest BCUT2D eigenvalue weighted by molar-refractivity contribution is 5.70. The number of aryl methyl sites for hydroxylation is 2. The van der Waals surface area contributed by atoms with Crippen molar-refractivity contribution in [3.05, 3.63) is 43.6 Å². The van der Waals surface area contributed by atoms with Crippen LogP contribution in [-0.2, 0) is 31.9 Å². The number of nitrogens with zero attached hydrogens (tertiary/aromatic N) is 6. The van der Waals surface area contributed by atoms with Gasteiger partial charge in [0.05, 0.1) is 18.5 Å². The van der Waals surface area contributed by atoms with Crippen LogP contribution in [0.2, 0.25) is 0 Å². The van der Waals surface area contributed by atoms with Crippen LogP contribution in [0.15, 0.2) is 25.1 Å². The van der Waals surface area contributed by atoms with E-state index in [0.717, 1.165) is 4.57 Å². The quantitative estimate of drug-likeness (QED) is 0.564. The molecule has 0 saturated heterocycles. The molecule has 3 aromatic rings. The molecule has 0 aromatic carbocycles. The van der Waals surface area contributed by atoms with Gasteiger partial charge in [-0.05, 0) is 20.3 Å². The maximum absolute atomic E-state index is 12.4. The van der Waals surface area contributed by atoms with Crippen LogP contribution in [0.5, 0.6) is 0 Å². The van der Waals surface area contributed by atoms with Crippen LogP contribution >= 0.6 is 0 Å². The molecule has 146 valence electrons. The van der Waals surface area contributed by atoms with Crippen molar-refractivity contribution in [2.24, 2.45) is 14.1 Å². The summed E-state index contributed by atoms with van der Waals surface area (Å²) in [6.07, 6.45) is 1.99. The van der Waals surface area contributed by atoms with E-state index in [1.807, 2.05) is 13.8 Å². The minimum atomic E-state index is -0.582. The smallest absolute Gasteiger partial charge is 0.390 e. The number of ether oxygens (including phenoxy) is 1. The van der Waals surface area contributed by atoms with Gasteiger partial charge in [-0.2, -0.15) is 4.68 Å². The molecule has 0 unspecified atom stereocenters. The molecule has 0 fully saturated rings. The monoisotopic (exact) mass is 378 g/mol. The first kappa shape index (κ1) is 18.8. The Hall–Kier alpha value is -2.95. The van der Waals surface area contributed by atoms with Crippen LogP contribution in [-0.4, -0.2) is 41.2 Å². The molecule has 0 aliphatic carbocycles. The van der Waals surface area contributed by atoms with E-state index in [1.54, 1.807) is 7.11 Å². The predicted molar refractivity (Wildman–Crippen MR) is 95.8 cm³/mol. The first-order chi connectivity index (χ1) is 12.6. The molecule has 0 spiro atoms. The van der Waals surface area contributed by atoms with E-state index >= 15 is 0 Å². The van der Waals surface area contributed by atoms with Gasteiger partial charge in [0.2, 0.25) is 5.89 Å². The van der Waals surface area contributed by atoms with E-state index in [-0.39, 0.29) is 23.6 Å². The third kappa shape index (κ3) is 3.37. The Morgan fingerprint density at radius 3 is 2.56 bits per heavy atom. The number of fused-ring (bicyclic) bond motifs is 1. The molecule has 0 atom stereocenters. The molecule has 3 heterocycles. The van der Waals surface area contributed by atoms with Crippen molar-refractivity contribution in [3.63, 3.8) is 0 Å². The molecule has 0 N–H and O–H groups in total. The molecule has 11 heteroatoms. The third-order valence-electron chi connectivity index (χ3n) is 4.65. The van der Waals surface area contributed by atoms with E-state index in [2.05, 4.69) is 10.1 Å². The van der Waals surface area contributed by atoms with Crippen LogP contribution in [0.1, 0.15) is 26.2 Å². The van der Waals surface area contributed by atoms with Crippen molar-refractivity contribution in [1.82, 2.24) is 28.5 Å². The molecule has 0 bridgehead atoms. The van der Waals surface area contributed by atoms with Gasteiger partial charge < -0.3 is 13.7 Å². The molecule has 0 saturated carbocycles. The lowest BCUT2D eigenvalue weighted by molar-refractivity contribution is 0.0109. The zero-order valence-corrected chi connectivity index (χ0v) is 15.9. The Morgan fingerprint density at radius 1 is 1.19 bits per heavy atom. The lowest BCUT2D eigenvalue weighted by atomic mass is 10.1. The van der Waals surface area contributed by atoms with Crippen LogP contribution < -0.4 is 17.0 Å². The second-order valence-electron chi connectivity index (χ2n) is 6.95. The van der Waals surface area contributed by atoms with Crippen molar-refractivity contribution in [1.29, 1.82) is 0 Å². The normalized spacial score (nSPS) is 12.2. The maximum atomic E-state index is 12.4. The molecule has 0 radical (unpaired) electrons. The predicted octanol–water partition coefficient (Wildman–Crippen LogP) is -0.553. The van der Waals surface area contributed by atoms with Crippen molar-refractivity contribution in [3.8, 4) is 0 Å². The second-order valence-corrected chi connectivity index (χ2v) is 6.95. The van der Waals surface area contributed by atoms with E-state index in [4.69, 9.17) is 9.15 Å². The van der Waals surface area contributed by atoms with Gasteiger partial charge in [-0.15, -0.1) is 5.10 Å². The van der Waals surface area contributed by atoms with E-state index < -0.39 is 22.6 Å². The van der Waals surface area contributed by atoms with Gasteiger partial charge in [-0.25, -0.2) is 14.6 Å². The summed E-state index contributed by atoms with van der Waals surface area (Å²) in [5.41, 5.74) is -0.844. The van der Waals surface area contributed by atoms with Gasteiger partial charge in [-0.3, -0.25) is 13.9 Å². The summed E-state index contributed by atoms with van der Waals surface area (Å²) in [5, 5.41) is 4.18. The maximum Gasteiger partial charge on any atom is 0.437 e. The number of hydrogen-bond acceptors (Lipinski definition) is 7. The van der Waals surface area contributed by atoms with Crippen LogP contribution in [0.25, 0.3) is 11.2 Å². The van der Waals surface area contributed by atoms with Crippen molar-refractivity contribution < 1.29 is 9.15 Å². The first-order valence-corrected chi connectivity index (χ1v) is 8.37. The average Bonchev–Trinajstić information content (AvgIpc) is 3.20. The zero-order chi connectivity index (χ0) is 19.9. The van der Waals surface area contributed by atoms with Crippen LogP contribution in [0, 0.1) is 0 Å². The summed E-state index contributed by atoms with van der Waals surface area (Å²) in [7, 11) is 4.54. The minimum absolute atomic E-state index is 0.0415. The fourth-order valence-electron chi connectivity index (χ4n) is 2.69. The van der Waals surface area contributed by atoms with Gasteiger partial charge in [0.1, 0.15) is 6.54 Å². The highest BCUT2D eigenvalue weighted by Crippen LogP contribution is 2.13. The van der Waals surface area contributed by atoms with Gasteiger partial charge in [-0.1, -0.05) is 0 Å². The number of aromatic nitrogens is 6. The summed E-state index contributed by atoms with van der Waals surface area (Å²) >= 11 is 0. The lowest BCUT2D eigenvalue weighted by Gasteiger charge is -2.21. The molecule has 27 heavy (non-hydrogen) atoms. The number of hydrogen-bond donors (Lipinski definition) is 0. The van der Waals surface area contributed by atoms with E-state index in [0.29, 0.717) is 13.0 Å². The number of imidazole rings is 1.